The minimum atomic E-state index is -0.586. The number of hydrogen-bond donors (Lipinski definition) is 2. The lowest BCUT2D eigenvalue weighted by Gasteiger charge is -2.27. The van der Waals surface area contributed by atoms with Crippen molar-refractivity contribution in [3.8, 4) is 0 Å². The molecule has 5 unspecified atom stereocenters. The Morgan fingerprint density at radius 3 is 2.65 bits per heavy atom. The zero-order chi connectivity index (χ0) is 15.1. The lowest BCUT2D eigenvalue weighted by Crippen LogP contribution is -2.45. The van der Waals surface area contributed by atoms with Crippen LogP contribution in [0.25, 0.3) is 0 Å². The number of thiol groups is 1. The van der Waals surface area contributed by atoms with Gasteiger partial charge >= 0.3 is 0 Å². The first kappa shape index (κ1) is 18.7. The number of hydrogen-bond acceptors (Lipinski definition) is 6. The van der Waals surface area contributed by atoms with E-state index in [-0.39, 0.29) is 24.4 Å². The molecule has 0 aliphatic carbocycles. The van der Waals surface area contributed by atoms with Gasteiger partial charge in [-0.3, -0.25) is 5.09 Å². The van der Waals surface area contributed by atoms with Crippen LogP contribution in [0.2, 0.25) is 0 Å². The zero-order valence-electron chi connectivity index (χ0n) is 12.6. The molecular formula is C12H25BNO4PS. The topological polar surface area (TPSA) is 49.0 Å². The Bertz CT molecular complexity index is 276. The average molecular weight is 321 g/mol. The molecule has 5 nitrogen and oxygen atoms in total. The third-order valence-corrected chi connectivity index (χ3v) is 3.96. The molecule has 2 radical (unpaired) electrons. The van der Waals surface area contributed by atoms with Gasteiger partial charge in [0.15, 0.2) is 0 Å². The number of ether oxygens (including phenoxy) is 4. The third-order valence-electron chi connectivity index (χ3n) is 2.94. The molecule has 1 fully saturated rings. The predicted molar refractivity (Wildman–Crippen MR) is 85.9 cm³/mol. The molecule has 0 aromatic rings. The highest BCUT2D eigenvalue weighted by Gasteiger charge is 2.43. The Labute approximate surface area is 129 Å². The summed E-state index contributed by atoms with van der Waals surface area (Å²) in [6, 6.07) is -0.484. The summed E-state index contributed by atoms with van der Waals surface area (Å²) >= 11 is 4.44. The van der Waals surface area contributed by atoms with Crippen molar-refractivity contribution in [2.24, 2.45) is 0 Å². The van der Waals surface area contributed by atoms with E-state index >= 15 is 0 Å². The number of methoxy groups -OCH3 is 1. The Morgan fingerprint density at radius 2 is 2.10 bits per heavy atom. The molecule has 20 heavy (non-hydrogen) atoms. The summed E-state index contributed by atoms with van der Waals surface area (Å²) in [6.07, 6.45) is -0.192. The van der Waals surface area contributed by atoms with E-state index in [0.29, 0.717) is 19.8 Å². The molecule has 1 aliphatic heterocycles. The second-order valence-electron chi connectivity index (χ2n) is 5.03. The number of rotatable bonds is 9. The van der Waals surface area contributed by atoms with Gasteiger partial charge < -0.3 is 18.9 Å². The van der Waals surface area contributed by atoms with Crippen LogP contribution >= 0.6 is 19.5 Å². The highest BCUT2D eigenvalue weighted by atomic mass is 32.7. The van der Waals surface area contributed by atoms with E-state index in [1.54, 1.807) is 7.11 Å². The first-order chi connectivity index (χ1) is 9.45. The molecule has 0 amide bonds. The highest BCUT2D eigenvalue weighted by molar-refractivity contribution is 8.44. The van der Waals surface area contributed by atoms with Gasteiger partial charge in [0.05, 0.1) is 44.2 Å². The third kappa shape index (κ3) is 6.18. The molecule has 5 atom stereocenters. The summed E-state index contributed by atoms with van der Waals surface area (Å²) < 4.78 is 22.2. The molecule has 1 N–H and O–H groups in total. The van der Waals surface area contributed by atoms with E-state index < -0.39 is 13.3 Å². The monoisotopic (exact) mass is 321 g/mol. The summed E-state index contributed by atoms with van der Waals surface area (Å²) in [6.45, 7) is 7.52. The molecule has 8 heteroatoms. The molecule has 0 aromatic carbocycles. The molecule has 1 saturated heterocycles. The minimum absolute atomic E-state index is 0.0192. The Balaban J connectivity index is 2.60. The smallest absolute Gasteiger partial charge is 0.112 e. The van der Waals surface area contributed by atoms with E-state index in [1.807, 2.05) is 20.5 Å². The van der Waals surface area contributed by atoms with E-state index in [1.165, 1.54) is 0 Å². The van der Waals surface area contributed by atoms with Gasteiger partial charge in [-0.2, -0.15) is 0 Å². The first-order valence-corrected chi connectivity index (χ1v) is 9.71. The van der Waals surface area contributed by atoms with Crippen molar-refractivity contribution in [2.75, 3.05) is 33.6 Å². The summed E-state index contributed by atoms with van der Waals surface area (Å²) in [5.74, 6) is 0. The van der Waals surface area contributed by atoms with Gasteiger partial charge in [-0.05, 0) is 20.5 Å². The first-order valence-electron chi connectivity index (χ1n) is 6.77. The van der Waals surface area contributed by atoms with Gasteiger partial charge in [0.1, 0.15) is 7.85 Å². The fraction of sp³-hybridized carbons (Fsp3) is 1.00. The lowest BCUT2D eigenvalue weighted by molar-refractivity contribution is -0.0272. The van der Waals surface area contributed by atoms with Crippen LogP contribution in [0, 0.1) is 0 Å². The Kier molecular flexibility index (Phi) is 8.99. The zero-order valence-corrected chi connectivity index (χ0v) is 14.4. The summed E-state index contributed by atoms with van der Waals surface area (Å²) in [5.41, 5.74) is 0. The molecule has 0 saturated carbocycles. The van der Waals surface area contributed by atoms with Crippen molar-refractivity contribution < 1.29 is 18.9 Å². The van der Waals surface area contributed by atoms with Crippen LogP contribution in [0.15, 0.2) is 0 Å². The standard InChI is InChI=1S/C12H25BNO4PS/c1-8(2)17-7-9-10(14-19(4)20)11(12(13)18-9)16-6-5-15-3/h8-12,14,20H,5-7H2,1-4H3. The van der Waals surface area contributed by atoms with Crippen LogP contribution < -0.4 is 5.09 Å². The van der Waals surface area contributed by atoms with Gasteiger partial charge in [-0.1, -0.05) is 0 Å². The van der Waals surface area contributed by atoms with Crippen molar-refractivity contribution in [2.45, 2.75) is 44.2 Å². The van der Waals surface area contributed by atoms with Crippen LogP contribution in [-0.2, 0) is 18.9 Å². The maximum Gasteiger partial charge on any atom is 0.112 e. The Morgan fingerprint density at radius 1 is 1.40 bits per heavy atom. The summed E-state index contributed by atoms with van der Waals surface area (Å²) in [4.78, 5) is 0. The van der Waals surface area contributed by atoms with Crippen molar-refractivity contribution in [3.63, 3.8) is 0 Å². The van der Waals surface area contributed by atoms with E-state index in [2.05, 4.69) is 17.3 Å². The molecule has 1 aliphatic rings. The van der Waals surface area contributed by atoms with Crippen LogP contribution in [0.1, 0.15) is 13.8 Å². The normalized spacial score (nSPS) is 31.9. The summed E-state index contributed by atoms with van der Waals surface area (Å²) in [5, 5.41) is 3.40. The van der Waals surface area contributed by atoms with Crippen LogP contribution in [0.4, 0.5) is 0 Å². The van der Waals surface area contributed by atoms with Gasteiger partial charge in [0.2, 0.25) is 0 Å². The van der Waals surface area contributed by atoms with Gasteiger partial charge in [0, 0.05) is 20.4 Å². The van der Waals surface area contributed by atoms with Crippen molar-refractivity contribution in [1.29, 1.82) is 0 Å². The fourth-order valence-corrected chi connectivity index (χ4v) is 3.19. The lowest BCUT2D eigenvalue weighted by atomic mass is 9.92. The second-order valence-corrected chi connectivity index (χ2v) is 8.13. The van der Waals surface area contributed by atoms with Crippen LogP contribution in [0.5, 0.6) is 0 Å². The van der Waals surface area contributed by atoms with Crippen LogP contribution in [0.3, 0.4) is 0 Å². The summed E-state index contributed by atoms with van der Waals surface area (Å²) in [7, 11) is 7.08. The maximum atomic E-state index is 6.02. The largest absolute Gasteiger partial charge is 0.382 e. The van der Waals surface area contributed by atoms with Gasteiger partial charge in [0.25, 0.3) is 0 Å². The SMILES string of the molecule is [B]C1OC(COC(C)C)C(NP(C)S)C1OCCOC. The van der Waals surface area contributed by atoms with Gasteiger partial charge in [-0.25, -0.2) is 0 Å². The molecular weight excluding hydrogens is 296 g/mol. The quantitative estimate of drug-likeness (QED) is 0.289. The van der Waals surface area contributed by atoms with Crippen LogP contribution in [-0.4, -0.2) is 71.8 Å². The Hall–Kier alpha value is 0.645. The van der Waals surface area contributed by atoms with E-state index in [0.717, 1.165) is 0 Å². The highest BCUT2D eigenvalue weighted by Crippen LogP contribution is 2.35. The molecule has 1 heterocycles. The molecule has 0 aromatic heterocycles. The van der Waals surface area contributed by atoms with Crippen molar-refractivity contribution in [1.82, 2.24) is 5.09 Å². The molecule has 116 valence electrons. The fourth-order valence-electron chi connectivity index (χ4n) is 2.05. The average Bonchev–Trinajstić information content (AvgIpc) is 2.64. The predicted octanol–water partition coefficient (Wildman–Crippen LogP) is 1.17. The minimum Gasteiger partial charge on any atom is -0.382 e. The van der Waals surface area contributed by atoms with Crippen molar-refractivity contribution in [3.05, 3.63) is 0 Å². The second kappa shape index (κ2) is 9.62. The maximum absolute atomic E-state index is 6.02. The van der Waals surface area contributed by atoms with Gasteiger partial charge in [-0.15, -0.1) is 12.2 Å². The molecule has 1 rings (SSSR count). The van der Waals surface area contributed by atoms with E-state index in [9.17, 15) is 0 Å². The molecule has 0 bridgehead atoms. The van der Waals surface area contributed by atoms with Crippen molar-refractivity contribution >= 4 is 27.4 Å². The molecule has 0 spiro atoms. The number of nitrogens with one attached hydrogen (secondary N) is 1. The van der Waals surface area contributed by atoms with E-state index in [4.69, 9.17) is 26.8 Å².